The van der Waals surface area contributed by atoms with Crippen LogP contribution in [0.15, 0.2) is 96.4 Å². The van der Waals surface area contributed by atoms with E-state index in [1.807, 2.05) is 48.0 Å². The highest BCUT2D eigenvalue weighted by atomic mass is 32.2. The second-order valence-electron chi connectivity index (χ2n) is 15.1. The fourth-order valence-corrected chi connectivity index (χ4v) is 7.49. The van der Waals surface area contributed by atoms with E-state index < -0.39 is 46.9 Å². The molecular formula is C44H57N9O9S. The summed E-state index contributed by atoms with van der Waals surface area (Å²) in [6.45, 7) is 2.34. The number of primary sulfonamides is 1. The maximum absolute atomic E-state index is 14.5. The summed E-state index contributed by atoms with van der Waals surface area (Å²) >= 11 is 0. The first-order chi connectivity index (χ1) is 30.4. The van der Waals surface area contributed by atoms with Gasteiger partial charge < -0.3 is 49.5 Å². The van der Waals surface area contributed by atoms with E-state index in [0.717, 1.165) is 18.5 Å². The van der Waals surface area contributed by atoms with Gasteiger partial charge in [-0.05, 0) is 86.7 Å². The number of hydrogen-bond acceptors (Lipinski definition) is 12. The third-order valence-electron chi connectivity index (χ3n) is 10.6. The number of amides is 4. The smallest absolute Gasteiger partial charge is 0.242 e. The number of aldehydes is 1. The Morgan fingerprint density at radius 2 is 1.54 bits per heavy atom. The number of hydrogen-bond donors (Lipinski definition) is 3. The lowest BCUT2D eigenvalue weighted by Crippen LogP contribution is -2.51. The van der Waals surface area contributed by atoms with E-state index in [0.29, 0.717) is 54.8 Å². The average molecular weight is 888 g/mol. The topological polar surface area (TPSA) is 233 Å². The molecular weight excluding hydrogens is 831 g/mol. The van der Waals surface area contributed by atoms with Gasteiger partial charge in [-0.2, -0.15) is 0 Å². The second-order valence-corrected chi connectivity index (χ2v) is 16.7. The Morgan fingerprint density at radius 1 is 0.841 bits per heavy atom. The number of aromatic nitrogens is 2. The van der Waals surface area contributed by atoms with E-state index in [9.17, 15) is 32.4 Å². The van der Waals surface area contributed by atoms with Crippen LogP contribution in [0.3, 0.4) is 0 Å². The number of carbonyl (C=O) groups excluding carboxylic acids is 5. The molecule has 0 saturated heterocycles. The molecule has 338 valence electrons. The minimum absolute atomic E-state index is 0.00981. The summed E-state index contributed by atoms with van der Waals surface area (Å²) < 4.78 is 36.4. The highest BCUT2D eigenvalue weighted by Gasteiger charge is 2.30. The Bertz CT molecular complexity index is 2230. The van der Waals surface area contributed by atoms with Crippen LogP contribution in [0, 0.1) is 0 Å². The summed E-state index contributed by atoms with van der Waals surface area (Å²) in [5.74, 6) is -0.800. The van der Waals surface area contributed by atoms with Crippen LogP contribution in [0.25, 0.3) is 0 Å². The number of imidazole rings is 1. The van der Waals surface area contributed by atoms with Crippen molar-refractivity contribution in [3.63, 3.8) is 0 Å². The van der Waals surface area contributed by atoms with Gasteiger partial charge in [-0.15, -0.1) is 0 Å². The van der Waals surface area contributed by atoms with Gasteiger partial charge in [0, 0.05) is 38.6 Å². The van der Waals surface area contributed by atoms with Crippen LogP contribution >= 0.6 is 0 Å². The normalized spacial score (nSPS) is 12.4. The molecule has 18 nitrogen and oxygen atoms in total. The van der Waals surface area contributed by atoms with Crippen molar-refractivity contribution in [1.29, 1.82) is 0 Å². The number of sulfonamides is 1. The average Bonchev–Trinajstić information content (AvgIpc) is 3.98. The van der Waals surface area contributed by atoms with Crippen LogP contribution in [0.4, 0.5) is 0 Å². The summed E-state index contributed by atoms with van der Waals surface area (Å²) in [6, 6.07) is 19.9. The van der Waals surface area contributed by atoms with Crippen LogP contribution in [-0.2, 0) is 53.5 Å². The minimum Gasteiger partial charge on any atom is -0.454 e. The lowest BCUT2D eigenvalue weighted by Gasteiger charge is -2.33. The number of rotatable bonds is 26. The SMILES string of the molecule is CC(c1ccccc1)N(CC(=O)N(CCCCN)CC(=O)N(CC(=O)N(CC=O)CCc1ccc(S(N)(=O)=O)cc1)Cc1ccc2c(c1)OCO2)C(=O)CNCCCn1ccnc1. The highest BCUT2D eigenvalue weighted by Crippen LogP contribution is 2.33. The molecule has 1 aliphatic rings. The molecule has 3 aromatic carbocycles. The summed E-state index contributed by atoms with van der Waals surface area (Å²) in [5, 5.41) is 8.43. The van der Waals surface area contributed by atoms with Crippen molar-refractivity contribution in [1.82, 2.24) is 34.5 Å². The zero-order chi connectivity index (χ0) is 45.2. The lowest BCUT2D eigenvalue weighted by atomic mass is 10.1. The van der Waals surface area contributed by atoms with E-state index in [1.54, 1.807) is 42.9 Å². The van der Waals surface area contributed by atoms with E-state index in [1.165, 1.54) is 31.7 Å². The Hall–Kier alpha value is -6.15. The monoisotopic (exact) mass is 887 g/mol. The van der Waals surface area contributed by atoms with Crippen molar-refractivity contribution in [2.24, 2.45) is 10.9 Å². The van der Waals surface area contributed by atoms with Gasteiger partial charge in [-0.25, -0.2) is 18.5 Å². The molecule has 0 radical (unpaired) electrons. The molecule has 2 heterocycles. The molecule has 19 heteroatoms. The number of carbonyl (C=O) groups is 5. The van der Waals surface area contributed by atoms with Crippen molar-refractivity contribution >= 4 is 39.9 Å². The molecule has 1 atom stereocenters. The molecule has 5 N–H and O–H groups in total. The number of nitrogens with one attached hydrogen (secondary N) is 1. The zero-order valence-electron chi connectivity index (χ0n) is 35.5. The van der Waals surface area contributed by atoms with Crippen LogP contribution < -0.4 is 25.7 Å². The molecule has 0 bridgehead atoms. The first-order valence-electron chi connectivity index (χ1n) is 20.8. The largest absolute Gasteiger partial charge is 0.454 e. The van der Waals surface area contributed by atoms with Gasteiger partial charge in [0.25, 0.3) is 0 Å². The Balaban J connectivity index is 1.33. The molecule has 0 fully saturated rings. The van der Waals surface area contributed by atoms with Crippen molar-refractivity contribution in [2.75, 3.05) is 65.7 Å². The first-order valence-corrected chi connectivity index (χ1v) is 22.4. The molecule has 5 rings (SSSR count). The number of nitrogens with zero attached hydrogens (tertiary/aromatic N) is 6. The number of benzene rings is 3. The maximum Gasteiger partial charge on any atom is 0.242 e. The van der Waals surface area contributed by atoms with Crippen LogP contribution in [0.2, 0.25) is 0 Å². The van der Waals surface area contributed by atoms with Gasteiger partial charge in [0.15, 0.2) is 11.5 Å². The highest BCUT2D eigenvalue weighted by molar-refractivity contribution is 7.89. The van der Waals surface area contributed by atoms with Gasteiger partial charge in [-0.1, -0.05) is 48.5 Å². The van der Waals surface area contributed by atoms with Crippen molar-refractivity contribution in [3.05, 3.63) is 108 Å². The number of nitrogens with two attached hydrogens (primary N) is 2. The van der Waals surface area contributed by atoms with Gasteiger partial charge in [0.2, 0.25) is 40.4 Å². The summed E-state index contributed by atoms with van der Waals surface area (Å²) in [6.07, 6.45) is 7.99. The summed E-state index contributed by atoms with van der Waals surface area (Å²) in [4.78, 5) is 78.0. The quantitative estimate of drug-likeness (QED) is 0.0604. The first kappa shape index (κ1) is 47.9. The number of ether oxygens (including phenoxy) is 2. The van der Waals surface area contributed by atoms with Gasteiger partial charge in [0.1, 0.15) is 19.4 Å². The molecule has 1 aromatic heterocycles. The molecule has 0 aliphatic carbocycles. The molecule has 1 aliphatic heterocycles. The van der Waals surface area contributed by atoms with Gasteiger partial charge in [-0.3, -0.25) is 19.2 Å². The van der Waals surface area contributed by atoms with E-state index in [2.05, 4.69) is 10.3 Å². The van der Waals surface area contributed by atoms with E-state index >= 15 is 0 Å². The Kier molecular flexibility index (Phi) is 18.2. The molecule has 4 aromatic rings. The lowest BCUT2D eigenvalue weighted by molar-refractivity contribution is -0.147. The molecule has 0 spiro atoms. The molecule has 0 saturated carbocycles. The van der Waals surface area contributed by atoms with Crippen molar-refractivity contribution in [2.45, 2.75) is 56.6 Å². The van der Waals surface area contributed by atoms with Gasteiger partial charge in [0.05, 0.1) is 36.9 Å². The fourth-order valence-electron chi connectivity index (χ4n) is 6.98. The number of unbranched alkanes of at least 4 members (excludes halogenated alkanes) is 1. The zero-order valence-corrected chi connectivity index (χ0v) is 36.4. The predicted molar refractivity (Wildman–Crippen MR) is 233 cm³/mol. The van der Waals surface area contributed by atoms with E-state index in [4.69, 9.17) is 20.3 Å². The van der Waals surface area contributed by atoms with Crippen LogP contribution in [0.5, 0.6) is 11.5 Å². The molecule has 4 amide bonds. The third kappa shape index (κ3) is 14.7. The number of fused-ring (bicyclic) bond motifs is 1. The Labute approximate surface area is 368 Å². The van der Waals surface area contributed by atoms with Crippen LogP contribution in [-0.4, -0.2) is 133 Å². The van der Waals surface area contributed by atoms with E-state index in [-0.39, 0.29) is 63.3 Å². The second kappa shape index (κ2) is 23.9. The van der Waals surface area contributed by atoms with Crippen LogP contribution in [0.1, 0.15) is 48.9 Å². The van der Waals surface area contributed by atoms with Crippen molar-refractivity contribution in [3.8, 4) is 11.5 Å². The number of aryl methyl sites for hydroxylation is 1. The standard InChI is InChI=1S/C44H57N9O9S/c1-34(37-8-3-2-4-9-37)53(41(55)27-47-18-7-20-49-23-19-48-32-49)31-44(58)51(21-6-5-17-45)29-43(57)52(28-36-12-15-39-40(26-36)62-33-61-39)30-42(56)50(24-25-54)22-16-35-10-13-38(14-11-35)63(46,59)60/h2-4,8-15,19,23,25-26,32,34,47H,5-7,16-18,20-22,24,27-31,33,45H2,1H3,(H2,46,59,60). The van der Waals surface area contributed by atoms with Crippen molar-refractivity contribution < 1.29 is 41.9 Å². The third-order valence-corrected chi connectivity index (χ3v) is 11.5. The summed E-state index contributed by atoms with van der Waals surface area (Å²) in [7, 11) is -3.90. The summed E-state index contributed by atoms with van der Waals surface area (Å²) in [5.41, 5.74) is 7.98. The molecule has 1 unspecified atom stereocenters. The minimum atomic E-state index is -3.90. The maximum atomic E-state index is 14.5. The van der Waals surface area contributed by atoms with Gasteiger partial charge >= 0.3 is 0 Å². The Morgan fingerprint density at radius 3 is 2.24 bits per heavy atom. The molecule has 63 heavy (non-hydrogen) atoms. The fraction of sp³-hybridized carbons (Fsp3) is 0.409. The predicted octanol–water partition coefficient (Wildman–Crippen LogP) is 1.70.